The van der Waals surface area contributed by atoms with E-state index in [1.807, 2.05) is 12.1 Å². The third-order valence-electron chi connectivity index (χ3n) is 7.89. The second-order valence-corrected chi connectivity index (χ2v) is 10.3. The molecule has 1 aliphatic heterocycles. The minimum absolute atomic E-state index is 0.120. The van der Waals surface area contributed by atoms with Crippen molar-refractivity contribution in [2.75, 3.05) is 33.4 Å². The first-order valence-electron chi connectivity index (χ1n) is 12.1. The first-order valence-corrected chi connectivity index (χ1v) is 12.5. The third kappa shape index (κ3) is 5.37. The molecule has 1 N–H and O–H groups in total. The van der Waals surface area contributed by atoms with Crippen molar-refractivity contribution in [3.05, 3.63) is 35.0 Å². The fraction of sp³-hybridized carbons (Fsp3) is 0.654. The van der Waals surface area contributed by atoms with E-state index in [1.165, 1.54) is 44.8 Å². The Bertz CT molecular complexity index is 895. The van der Waals surface area contributed by atoms with Crippen LogP contribution < -0.4 is 4.74 Å². The maximum Gasteiger partial charge on any atom is 0.127 e. The Morgan fingerprint density at radius 2 is 2.03 bits per heavy atom. The number of aliphatic hydroxyl groups excluding tert-OH is 1. The summed E-state index contributed by atoms with van der Waals surface area (Å²) in [5.41, 5.74) is 0.999. The Morgan fingerprint density at radius 1 is 1.28 bits per heavy atom. The van der Waals surface area contributed by atoms with Crippen LogP contribution in [0.25, 0.3) is 10.9 Å². The van der Waals surface area contributed by atoms with Crippen LogP contribution in [-0.2, 0) is 0 Å². The van der Waals surface area contributed by atoms with E-state index in [0.717, 1.165) is 31.8 Å². The fourth-order valence-corrected chi connectivity index (χ4v) is 5.86. The van der Waals surface area contributed by atoms with E-state index in [2.05, 4.69) is 9.88 Å². The first-order chi connectivity index (χ1) is 15.5. The quantitative estimate of drug-likeness (QED) is 0.472. The molecule has 4 nitrogen and oxygen atoms in total. The van der Waals surface area contributed by atoms with Gasteiger partial charge in [-0.1, -0.05) is 37.3 Å². The Kier molecular flexibility index (Phi) is 7.91. The molecule has 2 heterocycles. The topological polar surface area (TPSA) is 45.6 Å². The van der Waals surface area contributed by atoms with Gasteiger partial charge in [0.25, 0.3) is 0 Å². The zero-order valence-electron chi connectivity index (χ0n) is 19.2. The average molecular weight is 463 g/mol. The maximum atomic E-state index is 15.5. The van der Waals surface area contributed by atoms with Crippen LogP contribution in [0.15, 0.2) is 24.4 Å². The summed E-state index contributed by atoms with van der Waals surface area (Å²) >= 11 is 6.39. The van der Waals surface area contributed by atoms with Crippen molar-refractivity contribution in [2.24, 2.45) is 11.3 Å². The van der Waals surface area contributed by atoms with Crippen molar-refractivity contribution in [1.82, 2.24) is 9.88 Å². The van der Waals surface area contributed by atoms with E-state index < -0.39 is 6.17 Å². The van der Waals surface area contributed by atoms with Crippen LogP contribution in [-0.4, -0.2) is 48.3 Å². The number of halogens is 2. The molecular weight excluding hydrogens is 427 g/mol. The van der Waals surface area contributed by atoms with Crippen molar-refractivity contribution >= 4 is 22.5 Å². The maximum absolute atomic E-state index is 15.5. The summed E-state index contributed by atoms with van der Waals surface area (Å²) in [6.45, 7) is 3.29. The normalized spacial score (nSPS) is 20.6. The summed E-state index contributed by atoms with van der Waals surface area (Å²) in [5.74, 6) is 1.57. The van der Waals surface area contributed by atoms with E-state index >= 15 is 4.39 Å². The molecule has 1 aromatic carbocycles. The Labute approximate surface area is 196 Å². The van der Waals surface area contributed by atoms with Crippen LogP contribution in [0.3, 0.4) is 0 Å². The number of aromatic nitrogens is 1. The number of alkyl halides is 1. The first kappa shape index (κ1) is 23.7. The molecule has 32 heavy (non-hydrogen) atoms. The lowest BCUT2D eigenvalue weighted by atomic mass is 9.74. The highest BCUT2D eigenvalue weighted by atomic mass is 35.5. The molecular formula is C26H36ClFN2O2. The molecule has 1 aliphatic carbocycles. The predicted molar refractivity (Wildman–Crippen MR) is 128 cm³/mol. The predicted octanol–water partition coefficient (Wildman–Crippen LogP) is 6.34. The molecule has 1 atom stereocenters. The number of piperidine rings is 1. The second-order valence-electron chi connectivity index (χ2n) is 9.85. The van der Waals surface area contributed by atoms with Gasteiger partial charge in [-0.3, -0.25) is 4.98 Å². The van der Waals surface area contributed by atoms with Crippen molar-refractivity contribution in [2.45, 2.75) is 64.0 Å². The molecule has 0 spiro atoms. The minimum atomic E-state index is -1.20. The van der Waals surface area contributed by atoms with Crippen LogP contribution in [0.1, 0.15) is 69.5 Å². The van der Waals surface area contributed by atoms with Crippen LogP contribution in [0, 0.1) is 11.3 Å². The number of nitrogens with zero attached hydrogens (tertiary/aromatic N) is 2. The van der Waals surface area contributed by atoms with Crippen molar-refractivity contribution < 1.29 is 14.2 Å². The van der Waals surface area contributed by atoms with E-state index in [4.69, 9.17) is 16.3 Å². The zero-order valence-corrected chi connectivity index (χ0v) is 19.9. The molecule has 176 valence electrons. The number of likely N-dealkylation sites (tertiary alicyclic amines) is 1. The number of pyridine rings is 1. The van der Waals surface area contributed by atoms with E-state index in [9.17, 15) is 5.11 Å². The summed E-state index contributed by atoms with van der Waals surface area (Å²) in [6.07, 6.45) is 10.1. The Balaban J connectivity index is 1.37. The van der Waals surface area contributed by atoms with Gasteiger partial charge in [0.1, 0.15) is 11.9 Å². The molecule has 1 saturated heterocycles. The largest absolute Gasteiger partial charge is 0.497 e. The summed E-state index contributed by atoms with van der Waals surface area (Å²) in [7, 11) is 1.59. The zero-order chi connectivity index (χ0) is 22.6. The van der Waals surface area contributed by atoms with Gasteiger partial charge in [0.05, 0.1) is 17.6 Å². The summed E-state index contributed by atoms with van der Waals surface area (Å²) in [5, 5.41) is 11.3. The highest BCUT2D eigenvalue weighted by Crippen LogP contribution is 2.42. The van der Waals surface area contributed by atoms with Crippen molar-refractivity contribution in [3.8, 4) is 5.75 Å². The second kappa shape index (κ2) is 10.7. The molecule has 0 bridgehead atoms. The molecule has 4 rings (SSSR count). The van der Waals surface area contributed by atoms with Gasteiger partial charge in [-0.25, -0.2) is 4.39 Å². The van der Waals surface area contributed by atoms with Gasteiger partial charge in [-0.05, 0) is 81.3 Å². The molecule has 2 fully saturated rings. The number of fused-ring (bicyclic) bond motifs is 1. The number of hydrogen-bond acceptors (Lipinski definition) is 4. The fourth-order valence-electron chi connectivity index (χ4n) is 5.59. The molecule has 6 heteroatoms. The molecule has 0 unspecified atom stereocenters. The molecule has 2 aromatic rings. The van der Waals surface area contributed by atoms with Gasteiger partial charge in [0.15, 0.2) is 0 Å². The van der Waals surface area contributed by atoms with Crippen LogP contribution >= 0.6 is 11.6 Å². The van der Waals surface area contributed by atoms with Crippen molar-refractivity contribution in [3.63, 3.8) is 0 Å². The van der Waals surface area contributed by atoms with Crippen LogP contribution in [0.5, 0.6) is 5.75 Å². The number of methoxy groups -OCH3 is 1. The lowest BCUT2D eigenvalue weighted by Gasteiger charge is -2.41. The molecule has 2 aliphatic rings. The van der Waals surface area contributed by atoms with Gasteiger partial charge in [-0.2, -0.15) is 0 Å². The molecule has 0 amide bonds. The van der Waals surface area contributed by atoms with Gasteiger partial charge in [0, 0.05) is 23.8 Å². The highest BCUT2D eigenvalue weighted by Gasteiger charge is 2.35. The van der Waals surface area contributed by atoms with Crippen LogP contribution in [0.2, 0.25) is 5.02 Å². The van der Waals surface area contributed by atoms with Gasteiger partial charge >= 0.3 is 0 Å². The number of hydrogen-bond donors (Lipinski definition) is 1. The molecule has 1 aromatic heterocycles. The van der Waals surface area contributed by atoms with Crippen molar-refractivity contribution in [1.29, 1.82) is 0 Å². The monoisotopic (exact) mass is 462 g/mol. The van der Waals surface area contributed by atoms with E-state index in [-0.39, 0.29) is 12.0 Å². The van der Waals surface area contributed by atoms with E-state index in [0.29, 0.717) is 40.1 Å². The molecule has 1 saturated carbocycles. The Hall–Kier alpha value is -1.43. The summed E-state index contributed by atoms with van der Waals surface area (Å²) in [6, 6.07) is 5.46. The van der Waals surface area contributed by atoms with Gasteiger partial charge < -0.3 is 14.7 Å². The lowest BCUT2D eigenvalue weighted by molar-refractivity contribution is 0.0287. The summed E-state index contributed by atoms with van der Waals surface area (Å²) in [4.78, 5) is 6.87. The molecule has 0 radical (unpaired) electrons. The standard InChI is InChI=1S/C26H36ClFN2O2/c1-32-20-6-7-24-21(16-20)25(22(27)17-29-24)23(28)8-10-26(18-31)11-14-30(15-12-26)13-9-19-4-2-3-5-19/h6-7,16-17,19,23,31H,2-5,8-15,18H2,1H3/t23-/m1/s1. The summed E-state index contributed by atoms with van der Waals surface area (Å²) < 4.78 is 20.9. The Morgan fingerprint density at radius 3 is 2.72 bits per heavy atom. The number of rotatable bonds is 9. The van der Waals surface area contributed by atoms with Gasteiger partial charge in [-0.15, -0.1) is 0 Å². The third-order valence-corrected chi connectivity index (χ3v) is 8.19. The lowest BCUT2D eigenvalue weighted by Crippen LogP contribution is -2.42. The number of aliphatic hydroxyl groups is 1. The van der Waals surface area contributed by atoms with E-state index in [1.54, 1.807) is 13.2 Å². The van der Waals surface area contributed by atoms with Gasteiger partial charge in [0.2, 0.25) is 0 Å². The SMILES string of the molecule is COc1ccc2ncc(Cl)c([C@H](F)CCC3(CO)CCN(CCC4CCCC4)CC3)c2c1. The smallest absolute Gasteiger partial charge is 0.127 e. The van der Waals surface area contributed by atoms with Crippen LogP contribution in [0.4, 0.5) is 4.39 Å². The number of benzene rings is 1. The average Bonchev–Trinajstić information content (AvgIpc) is 3.35. The number of ether oxygens (including phenoxy) is 1. The minimum Gasteiger partial charge on any atom is -0.497 e. The highest BCUT2D eigenvalue weighted by molar-refractivity contribution is 6.32.